The smallest absolute Gasteiger partial charge is 0.358 e. The lowest BCUT2D eigenvalue weighted by atomic mass is 9.94. The molecular weight excluding hydrogens is 578 g/mol. The van der Waals surface area contributed by atoms with E-state index in [1.807, 2.05) is 55.5 Å². The fourth-order valence-corrected chi connectivity index (χ4v) is 5.74. The van der Waals surface area contributed by atoms with E-state index in [1.54, 1.807) is 4.90 Å². The van der Waals surface area contributed by atoms with Crippen molar-refractivity contribution in [3.63, 3.8) is 0 Å². The molecule has 3 heterocycles. The molecule has 2 aliphatic rings. The first-order valence-electron chi connectivity index (χ1n) is 15.4. The molecule has 3 atom stereocenters. The minimum atomic E-state index is -1.31. The summed E-state index contributed by atoms with van der Waals surface area (Å²) in [4.78, 5) is 67.0. The molecule has 238 valence electrons. The third kappa shape index (κ3) is 8.62. The topological polar surface area (TPSA) is 163 Å². The molecule has 4 N–H and O–H groups in total. The predicted octanol–water partition coefficient (Wildman–Crippen LogP) is 2.22. The number of rotatable bonds is 5. The van der Waals surface area contributed by atoms with Gasteiger partial charge in [-0.2, -0.15) is 0 Å². The summed E-state index contributed by atoms with van der Waals surface area (Å²) < 4.78 is 10.7. The van der Waals surface area contributed by atoms with Crippen LogP contribution in [0.25, 0.3) is 0 Å². The number of hydrogen-bond donors (Lipinski definition) is 4. The van der Waals surface area contributed by atoms with E-state index in [-0.39, 0.29) is 36.9 Å². The number of aromatic nitrogens is 1. The second-order valence-corrected chi connectivity index (χ2v) is 11.7. The first-order valence-corrected chi connectivity index (χ1v) is 15.4. The highest BCUT2D eigenvalue weighted by molar-refractivity contribution is 5.98. The number of aromatic amines is 1. The van der Waals surface area contributed by atoms with Crippen molar-refractivity contribution < 1.29 is 28.4 Å². The molecule has 12 heteroatoms. The predicted molar refractivity (Wildman–Crippen MR) is 164 cm³/mol. The van der Waals surface area contributed by atoms with Crippen molar-refractivity contribution in [1.29, 1.82) is 0 Å². The van der Waals surface area contributed by atoms with Gasteiger partial charge in [0.15, 0.2) is 0 Å². The molecule has 5 rings (SSSR count). The number of hydrogen-bond acceptors (Lipinski definition) is 7. The Labute approximate surface area is 260 Å². The van der Waals surface area contributed by atoms with E-state index < -0.39 is 35.4 Å². The van der Waals surface area contributed by atoms with Crippen molar-refractivity contribution in [2.75, 3.05) is 19.7 Å². The van der Waals surface area contributed by atoms with Crippen molar-refractivity contribution in [2.45, 2.75) is 64.1 Å². The zero-order valence-electron chi connectivity index (χ0n) is 25.3. The lowest BCUT2D eigenvalue weighted by Gasteiger charge is -2.34. The number of nitrogens with one attached hydrogen (secondary N) is 4. The van der Waals surface area contributed by atoms with Gasteiger partial charge in [0, 0.05) is 19.6 Å². The molecule has 0 aliphatic carbocycles. The number of fused-ring (bicyclic) bond motifs is 4. The van der Waals surface area contributed by atoms with Gasteiger partial charge in [-0.1, -0.05) is 36.4 Å². The van der Waals surface area contributed by atoms with Crippen LogP contribution in [0.5, 0.6) is 5.75 Å². The van der Waals surface area contributed by atoms with E-state index in [0.29, 0.717) is 31.9 Å². The standard InChI is InChI=1S/C33H39N5O7/c1-21-9-11-25-16-24(21)19-34-31(41)26(12-10-22-6-3-2-4-7-22)35-32(42)27(36-33(43)28-18-30(40)45-37-28)17-29(39)38-14-5-8-23(20-38)13-15-44-25/h2-4,6-7,9,11,16,18,23,26-27,37H,5,8,10,12-15,17,19-20H2,1H3,(H,34,41)(H,35,42)(H,36,43)/t23?,26-,27-/m0/s1. The van der Waals surface area contributed by atoms with Gasteiger partial charge in [0.2, 0.25) is 17.7 Å². The van der Waals surface area contributed by atoms with Gasteiger partial charge in [0.05, 0.1) is 19.1 Å². The summed E-state index contributed by atoms with van der Waals surface area (Å²) in [7, 11) is 0. The molecule has 0 saturated carbocycles. The van der Waals surface area contributed by atoms with Gasteiger partial charge in [-0.15, -0.1) is 0 Å². The Morgan fingerprint density at radius 2 is 1.84 bits per heavy atom. The SMILES string of the molecule is Cc1ccc2cc1CNC(=O)[C@H](CCc1ccccc1)NC(=O)[C@@H](NC(=O)c1cc(=O)o[nH]1)CC(=O)N1CCCC(CCO2)C1. The molecule has 4 bridgehead atoms. The highest BCUT2D eigenvalue weighted by Crippen LogP contribution is 2.23. The summed E-state index contributed by atoms with van der Waals surface area (Å²) in [5, 5.41) is 10.5. The van der Waals surface area contributed by atoms with Gasteiger partial charge >= 0.3 is 5.63 Å². The quantitative estimate of drug-likeness (QED) is 0.341. The first kappa shape index (κ1) is 31.6. The molecule has 3 aromatic rings. The van der Waals surface area contributed by atoms with E-state index in [2.05, 4.69) is 25.6 Å². The number of amides is 4. The third-order valence-corrected chi connectivity index (χ3v) is 8.41. The Bertz CT molecular complexity index is 1570. The number of carbonyl (C=O) groups excluding carboxylic acids is 4. The number of carbonyl (C=O) groups is 4. The van der Waals surface area contributed by atoms with Gasteiger partial charge in [0.25, 0.3) is 5.91 Å². The van der Waals surface area contributed by atoms with Crippen LogP contribution in [0, 0.1) is 12.8 Å². The van der Waals surface area contributed by atoms with Crippen LogP contribution in [0.1, 0.15) is 59.3 Å². The van der Waals surface area contributed by atoms with Crippen molar-refractivity contribution in [3.05, 3.63) is 87.4 Å². The molecule has 0 radical (unpaired) electrons. The second kappa shape index (κ2) is 14.7. The van der Waals surface area contributed by atoms with E-state index in [1.165, 1.54) is 0 Å². The normalized spacial score (nSPS) is 21.5. The molecule has 2 aliphatic heterocycles. The lowest BCUT2D eigenvalue weighted by Crippen LogP contribution is -2.55. The molecular formula is C33H39N5O7. The summed E-state index contributed by atoms with van der Waals surface area (Å²) in [6.07, 6.45) is 2.98. The number of nitrogens with zero attached hydrogens (tertiary/aromatic N) is 1. The zero-order valence-corrected chi connectivity index (χ0v) is 25.3. The Kier molecular flexibility index (Phi) is 10.3. The maximum absolute atomic E-state index is 13.8. The van der Waals surface area contributed by atoms with Crippen molar-refractivity contribution in [2.24, 2.45) is 5.92 Å². The molecule has 1 saturated heterocycles. The summed E-state index contributed by atoms with van der Waals surface area (Å²) in [6, 6.07) is 14.0. The second-order valence-electron chi connectivity index (χ2n) is 11.7. The Hall–Kier alpha value is -4.87. The molecule has 1 unspecified atom stereocenters. The Morgan fingerprint density at radius 1 is 1.02 bits per heavy atom. The lowest BCUT2D eigenvalue weighted by molar-refractivity contribution is -0.137. The number of H-pyrrole nitrogens is 1. The van der Waals surface area contributed by atoms with Crippen LogP contribution >= 0.6 is 0 Å². The number of ether oxygens (including phenoxy) is 1. The van der Waals surface area contributed by atoms with Crippen LogP contribution < -0.4 is 26.3 Å². The monoisotopic (exact) mass is 617 g/mol. The summed E-state index contributed by atoms with van der Waals surface area (Å²) in [5.74, 6) is -1.23. The van der Waals surface area contributed by atoms with Crippen LogP contribution in [0.4, 0.5) is 0 Å². The molecule has 12 nitrogen and oxygen atoms in total. The zero-order chi connectivity index (χ0) is 31.8. The molecule has 1 aromatic heterocycles. The van der Waals surface area contributed by atoms with Gasteiger partial charge in [0.1, 0.15) is 23.5 Å². The van der Waals surface area contributed by atoms with E-state index in [0.717, 1.165) is 42.0 Å². The maximum atomic E-state index is 13.8. The largest absolute Gasteiger partial charge is 0.494 e. The van der Waals surface area contributed by atoms with E-state index in [9.17, 15) is 24.0 Å². The molecule has 2 aromatic carbocycles. The number of benzene rings is 2. The molecule has 0 spiro atoms. The summed E-state index contributed by atoms with van der Waals surface area (Å²) in [5.41, 5.74) is 1.93. The van der Waals surface area contributed by atoms with Crippen LogP contribution in [-0.4, -0.2) is 65.5 Å². The average molecular weight is 618 g/mol. The van der Waals surface area contributed by atoms with Gasteiger partial charge in [-0.25, -0.2) is 9.95 Å². The van der Waals surface area contributed by atoms with Crippen molar-refractivity contribution in [1.82, 2.24) is 26.0 Å². The number of piperidine rings is 1. The van der Waals surface area contributed by atoms with E-state index >= 15 is 0 Å². The van der Waals surface area contributed by atoms with Gasteiger partial charge in [-0.3, -0.25) is 19.2 Å². The van der Waals surface area contributed by atoms with Crippen molar-refractivity contribution in [3.8, 4) is 5.75 Å². The van der Waals surface area contributed by atoms with E-state index in [4.69, 9.17) is 4.74 Å². The minimum absolute atomic E-state index is 0.186. The fourth-order valence-electron chi connectivity index (χ4n) is 5.74. The highest BCUT2D eigenvalue weighted by Gasteiger charge is 2.32. The Balaban J connectivity index is 1.42. The number of aryl methyl sites for hydroxylation is 2. The Morgan fingerprint density at radius 3 is 2.62 bits per heavy atom. The maximum Gasteiger partial charge on any atom is 0.358 e. The molecule has 4 amide bonds. The highest BCUT2D eigenvalue weighted by atomic mass is 16.5. The van der Waals surface area contributed by atoms with Crippen LogP contribution in [0.15, 0.2) is 63.9 Å². The minimum Gasteiger partial charge on any atom is -0.494 e. The first-order chi connectivity index (χ1) is 21.7. The average Bonchev–Trinajstić information content (AvgIpc) is 3.49. The van der Waals surface area contributed by atoms with Crippen molar-refractivity contribution >= 4 is 23.6 Å². The van der Waals surface area contributed by atoms with Crippen LogP contribution in [-0.2, 0) is 27.3 Å². The summed E-state index contributed by atoms with van der Waals surface area (Å²) in [6.45, 7) is 3.72. The van der Waals surface area contributed by atoms with Crippen LogP contribution in [0.2, 0.25) is 0 Å². The summed E-state index contributed by atoms with van der Waals surface area (Å²) >= 11 is 0. The van der Waals surface area contributed by atoms with Gasteiger partial charge < -0.3 is 30.1 Å². The van der Waals surface area contributed by atoms with Gasteiger partial charge in [-0.05, 0) is 73.8 Å². The fraction of sp³-hybridized carbons (Fsp3) is 0.424. The molecule has 1 fully saturated rings. The third-order valence-electron chi connectivity index (χ3n) is 8.41. The molecule has 45 heavy (non-hydrogen) atoms. The van der Waals surface area contributed by atoms with Crippen LogP contribution in [0.3, 0.4) is 0 Å².